The van der Waals surface area contributed by atoms with Crippen molar-refractivity contribution in [3.05, 3.63) is 52.8 Å². The summed E-state index contributed by atoms with van der Waals surface area (Å²) >= 11 is 3.40. The molecule has 0 atom stereocenters. The van der Waals surface area contributed by atoms with Gasteiger partial charge in [0.15, 0.2) is 0 Å². The van der Waals surface area contributed by atoms with Gasteiger partial charge in [-0.15, -0.1) is 0 Å². The standard InChI is InChI=1S/C13H13BrN2O/c14-13-11(15)5-3-6-12(13)17-9-7-10-4-1-2-8-16-10/h1-6,8H,7,9,15H2. The molecule has 0 saturated carbocycles. The molecule has 2 rings (SSSR count). The summed E-state index contributed by atoms with van der Waals surface area (Å²) in [5.41, 5.74) is 7.47. The van der Waals surface area contributed by atoms with Gasteiger partial charge in [-0.25, -0.2) is 0 Å². The van der Waals surface area contributed by atoms with E-state index in [1.165, 1.54) is 0 Å². The second-order valence-electron chi connectivity index (χ2n) is 3.58. The van der Waals surface area contributed by atoms with Crippen LogP contribution in [-0.2, 0) is 6.42 Å². The molecule has 88 valence electrons. The Morgan fingerprint density at radius 3 is 2.82 bits per heavy atom. The number of rotatable bonds is 4. The van der Waals surface area contributed by atoms with Crippen LogP contribution in [0.15, 0.2) is 47.1 Å². The summed E-state index contributed by atoms with van der Waals surface area (Å²) in [6.07, 6.45) is 2.56. The van der Waals surface area contributed by atoms with Gasteiger partial charge in [0.25, 0.3) is 0 Å². The fraction of sp³-hybridized carbons (Fsp3) is 0.154. The molecule has 0 aliphatic rings. The molecule has 0 bridgehead atoms. The third-order valence-electron chi connectivity index (χ3n) is 2.34. The van der Waals surface area contributed by atoms with Crippen molar-refractivity contribution in [1.29, 1.82) is 0 Å². The molecule has 0 spiro atoms. The number of pyridine rings is 1. The van der Waals surface area contributed by atoms with Crippen molar-refractivity contribution in [3.8, 4) is 5.75 Å². The Labute approximate surface area is 109 Å². The van der Waals surface area contributed by atoms with E-state index in [1.807, 2.05) is 36.4 Å². The summed E-state index contributed by atoms with van der Waals surface area (Å²) in [6, 6.07) is 11.4. The van der Waals surface area contributed by atoms with Crippen LogP contribution in [0.25, 0.3) is 0 Å². The number of ether oxygens (including phenoxy) is 1. The van der Waals surface area contributed by atoms with Crippen LogP contribution in [0.1, 0.15) is 5.69 Å². The lowest BCUT2D eigenvalue weighted by atomic mass is 10.3. The van der Waals surface area contributed by atoms with Crippen LogP contribution in [0.4, 0.5) is 5.69 Å². The highest BCUT2D eigenvalue weighted by Gasteiger charge is 2.03. The van der Waals surface area contributed by atoms with E-state index in [0.717, 1.165) is 22.3 Å². The molecule has 0 aliphatic carbocycles. The normalized spacial score (nSPS) is 10.2. The average Bonchev–Trinajstić information content (AvgIpc) is 2.36. The Bertz CT molecular complexity index is 488. The third-order valence-corrected chi connectivity index (χ3v) is 3.18. The summed E-state index contributed by atoms with van der Waals surface area (Å²) < 4.78 is 6.46. The number of aromatic nitrogens is 1. The summed E-state index contributed by atoms with van der Waals surface area (Å²) in [7, 11) is 0. The second-order valence-corrected chi connectivity index (χ2v) is 4.37. The molecule has 2 aromatic rings. The molecule has 2 N–H and O–H groups in total. The summed E-state index contributed by atoms with van der Waals surface area (Å²) in [4.78, 5) is 4.23. The average molecular weight is 293 g/mol. The number of halogens is 1. The van der Waals surface area contributed by atoms with E-state index in [4.69, 9.17) is 10.5 Å². The first-order chi connectivity index (χ1) is 8.27. The maximum Gasteiger partial charge on any atom is 0.135 e. The van der Waals surface area contributed by atoms with Crippen LogP contribution in [0.3, 0.4) is 0 Å². The van der Waals surface area contributed by atoms with Crippen molar-refractivity contribution in [2.45, 2.75) is 6.42 Å². The number of benzene rings is 1. The predicted octanol–water partition coefficient (Wildman–Crippen LogP) is 3.05. The Kier molecular flexibility index (Phi) is 3.98. The Balaban J connectivity index is 1.93. The van der Waals surface area contributed by atoms with Gasteiger partial charge < -0.3 is 10.5 Å². The second kappa shape index (κ2) is 5.68. The molecule has 1 aromatic carbocycles. The number of hydrogen-bond donors (Lipinski definition) is 1. The molecule has 1 aromatic heterocycles. The minimum Gasteiger partial charge on any atom is -0.492 e. The van der Waals surface area contributed by atoms with E-state index >= 15 is 0 Å². The van der Waals surface area contributed by atoms with Gasteiger partial charge in [0.1, 0.15) is 5.75 Å². The predicted molar refractivity (Wildman–Crippen MR) is 72.0 cm³/mol. The van der Waals surface area contributed by atoms with E-state index in [-0.39, 0.29) is 0 Å². The lowest BCUT2D eigenvalue weighted by molar-refractivity contribution is 0.319. The van der Waals surface area contributed by atoms with Crippen molar-refractivity contribution < 1.29 is 4.74 Å². The molecule has 0 saturated heterocycles. The van der Waals surface area contributed by atoms with Crippen LogP contribution < -0.4 is 10.5 Å². The monoisotopic (exact) mass is 292 g/mol. The topological polar surface area (TPSA) is 48.1 Å². The Hall–Kier alpha value is -1.55. The molecule has 4 heteroatoms. The van der Waals surface area contributed by atoms with Gasteiger partial charge in [0.05, 0.1) is 11.1 Å². The third kappa shape index (κ3) is 3.20. The smallest absolute Gasteiger partial charge is 0.135 e. The van der Waals surface area contributed by atoms with Crippen LogP contribution in [0.5, 0.6) is 5.75 Å². The molecular formula is C13H13BrN2O. The highest BCUT2D eigenvalue weighted by molar-refractivity contribution is 9.10. The lowest BCUT2D eigenvalue weighted by Crippen LogP contribution is -2.03. The van der Waals surface area contributed by atoms with Gasteiger partial charge in [0, 0.05) is 24.0 Å². The summed E-state index contributed by atoms with van der Waals surface area (Å²) in [6.45, 7) is 0.582. The molecular weight excluding hydrogens is 280 g/mol. The van der Waals surface area contributed by atoms with Crippen molar-refractivity contribution in [3.63, 3.8) is 0 Å². The Morgan fingerprint density at radius 1 is 1.18 bits per heavy atom. The number of hydrogen-bond acceptors (Lipinski definition) is 3. The zero-order valence-corrected chi connectivity index (χ0v) is 10.9. The van der Waals surface area contributed by atoms with Gasteiger partial charge >= 0.3 is 0 Å². The van der Waals surface area contributed by atoms with E-state index < -0.39 is 0 Å². The van der Waals surface area contributed by atoms with Crippen LogP contribution in [0.2, 0.25) is 0 Å². The van der Waals surface area contributed by atoms with Crippen LogP contribution in [-0.4, -0.2) is 11.6 Å². The zero-order valence-electron chi connectivity index (χ0n) is 9.27. The molecule has 1 heterocycles. The van der Waals surface area contributed by atoms with Crippen molar-refractivity contribution >= 4 is 21.6 Å². The first kappa shape index (κ1) is 11.9. The SMILES string of the molecule is Nc1cccc(OCCc2ccccn2)c1Br. The highest BCUT2D eigenvalue weighted by Crippen LogP contribution is 2.30. The van der Waals surface area contributed by atoms with E-state index in [0.29, 0.717) is 12.3 Å². The molecule has 3 nitrogen and oxygen atoms in total. The lowest BCUT2D eigenvalue weighted by Gasteiger charge is -2.09. The highest BCUT2D eigenvalue weighted by atomic mass is 79.9. The minimum atomic E-state index is 0.582. The maximum atomic E-state index is 5.76. The van der Waals surface area contributed by atoms with Crippen molar-refractivity contribution in [2.24, 2.45) is 0 Å². The first-order valence-electron chi connectivity index (χ1n) is 5.34. The Morgan fingerprint density at radius 2 is 2.06 bits per heavy atom. The number of anilines is 1. The van der Waals surface area contributed by atoms with Gasteiger partial charge in [-0.05, 0) is 40.2 Å². The number of nitrogen functional groups attached to an aromatic ring is 1. The van der Waals surface area contributed by atoms with Crippen LogP contribution >= 0.6 is 15.9 Å². The van der Waals surface area contributed by atoms with Gasteiger partial charge in [-0.3, -0.25) is 4.98 Å². The van der Waals surface area contributed by atoms with E-state index in [1.54, 1.807) is 6.20 Å². The molecule has 0 fully saturated rings. The van der Waals surface area contributed by atoms with Crippen molar-refractivity contribution in [1.82, 2.24) is 4.98 Å². The van der Waals surface area contributed by atoms with Gasteiger partial charge in [-0.2, -0.15) is 0 Å². The largest absolute Gasteiger partial charge is 0.492 e. The van der Waals surface area contributed by atoms with Crippen LogP contribution in [0, 0.1) is 0 Å². The molecule has 0 radical (unpaired) electrons. The zero-order chi connectivity index (χ0) is 12.1. The van der Waals surface area contributed by atoms with Crippen molar-refractivity contribution in [2.75, 3.05) is 12.3 Å². The molecule has 0 amide bonds. The number of nitrogens with two attached hydrogens (primary N) is 1. The molecule has 17 heavy (non-hydrogen) atoms. The quantitative estimate of drug-likeness (QED) is 0.881. The number of nitrogens with zero attached hydrogens (tertiary/aromatic N) is 1. The van der Waals surface area contributed by atoms with Gasteiger partial charge in [0.2, 0.25) is 0 Å². The summed E-state index contributed by atoms with van der Waals surface area (Å²) in [5.74, 6) is 0.765. The molecule has 0 aliphatic heterocycles. The fourth-order valence-corrected chi connectivity index (χ4v) is 1.83. The minimum absolute atomic E-state index is 0.582. The van der Waals surface area contributed by atoms with E-state index in [9.17, 15) is 0 Å². The van der Waals surface area contributed by atoms with Gasteiger partial charge in [-0.1, -0.05) is 12.1 Å². The fourth-order valence-electron chi connectivity index (χ4n) is 1.45. The summed E-state index contributed by atoms with van der Waals surface area (Å²) in [5, 5.41) is 0. The maximum absolute atomic E-state index is 5.76. The van der Waals surface area contributed by atoms with E-state index in [2.05, 4.69) is 20.9 Å². The first-order valence-corrected chi connectivity index (χ1v) is 6.13. The molecule has 0 unspecified atom stereocenters.